The molecular weight excluding hydrogens is 396 g/mol. The highest BCUT2D eigenvalue weighted by Crippen LogP contribution is 2.24. The first-order valence-electron chi connectivity index (χ1n) is 8.60. The molecule has 0 atom stereocenters. The molecule has 0 saturated carbocycles. The van der Waals surface area contributed by atoms with Gasteiger partial charge in [-0.05, 0) is 48.0 Å². The van der Waals surface area contributed by atoms with Gasteiger partial charge >= 0.3 is 0 Å². The molecule has 2 N–H and O–H groups in total. The first kappa shape index (κ1) is 20.0. The summed E-state index contributed by atoms with van der Waals surface area (Å²) >= 11 is 7.82. The molecule has 1 aromatic heterocycles. The number of thioether (sulfide) groups is 1. The van der Waals surface area contributed by atoms with E-state index in [1.807, 2.05) is 24.3 Å². The number of anilines is 2. The lowest BCUT2D eigenvalue weighted by atomic mass is 10.2. The van der Waals surface area contributed by atoms with Crippen molar-refractivity contribution in [3.8, 4) is 0 Å². The van der Waals surface area contributed by atoms with Crippen molar-refractivity contribution in [3.63, 3.8) is 0 Å². The van der Waals surface area contributed by atoms with Crippen LogP contribution < -0.4 is 10.6 Å². The minimum atomic E-state index is -0.324. The summed E-state index contributed by atoms with van der Waals surface area (Å²) in [6.07, 6.45) is 0. The third kappa shape index (κ3) is 5.65. The lowest BCUT2D eigenvalue weighted by Crippen LogP contribution is -2.11. The zero-order valence-corrected chi connectivity index (χ0v) is 16.8. The van der Waals surface area contributed by atoms with Crippen molar-refractivity contribution in [2.75, 3.05) is 10.6 Å². The van der Waals surface area contributed by atoms with Crippen molar-refractivity contribution >= 4 is 46.6 Å². The number of hydrogen-bond donors (Lipinski definition) is 2. The Bertz CT molecular complexity index is 970. The molecule has 144 valence electrons. The predicted octanol–water partition coefficient (Wildman–Crippen LogP) is 5.58. The van der Waals surface area contributed by atoms with Crippen molar-refractivity contribution in [1.82, 2.24) is 0 Å². The Morgan fingerprint density at radius 1 is 0.929 bits per heavy atom. The average molecular weight is 415 g/mol. The van der Waals surface area contributed by atoms with Crippen LogP contribution in [0.2, 0.25) is 5.02 Å². The lowest BCUT2D eigenvalue weighted by Gasteiger charge is -2.06. The maximum Gasteiger partial charge on any atom is 0.291 e. The smallest absolute Gasteiger partial charge is 0.291 e. The molecule has 0 aliphatic rings. The molecule has 5 nitrogen and oxygen atoms in total. The lowest BCUT2D eigenvalue weighted by molar-refractivity contribution is -0.114. The molecule has 0 spiro atoms. The second kappa shape index (κ2) is 9.48. The topological polar surface area (TPSA) is 71.3 Å². The molecule has 0 unspecified atom stereocenters. The summed E-state index contributed by atoms with van der Waals surface area (Å²) in [5, 5.41) is 6.20. The van der Waals surface area contributed by atoms with Gasteiger partial charge in [0, 0.05) is 29.1 Å². The Kier molecular flexibility index (Phi) is 6.79. The molecular formula is C21H19ClN2O3S. The summed E-state index contributed by atoms with van der Waals surface area (Å²) in [6.45, 7) is 1.44. The standard InChI is InChI=1S/C21H19ClN2O3S/c1-14(25)23-16-6-8-17(9-7-16)24-21(26)20-11-10-18(27-20)13-28-12-15-4-2-3-5-19(15)22/h2-11H,12-13H2,1H3,(H,23,25)(H,24,26). The zero-order chi connectivity index (χ0) is 19.9. The van der Waals surface area contributed by atoms with Gasteiger partial charge in [-0.3, -0.25) is 9.59 Å². The quantitative estimate of drug-likeness (QED) is 0.529. The Hall–Kier alpha value is -2.70. The number of carbonyl (C=O) groups excluding carboxylic acids is 2. The minimum Gasteiger partial charge on any atom is -0.455 e. The number of halogens is 1. The van der Waals surface area contributed by atoms with Gasteiger partial charge in [-0.15, -0.1) is 11.8 Å². The van der Waals surface area contributed by atoms with E-state index >= 15 is 0 Å². The van der Waals surface area contributed by atoms with E-state index in [0.717, 1.165) is 22.1 Å². The van der Waals surface area contributed by atoms with E-state index in [2.05, 4.69) is 10.6 Å². The van der Waals surface area contributed by atoms with Gasteiger partial charge in [-0.1, -0.05) is 29.8 Å². The molecule has 1 heterocycles. The van der Waals surface area contributed by atoms with Crippen molar-refractivity contribution < 1.29 is 14.0 Å². The number of carbonyl (C=O) groups is 2. The van der Waals surface area contributed by atoms with Crippen molar-refractivity contribution in [3.05, 3.63) is 82.8 Å². The van der Waals surface area contributed by atoms with Crippen LogP contribution in [-0.4, -0.2) is 11.8 Å². The number of furan rings is 1. The van der Waals surface area contributed by atoms with E-state index in [0.29, 0.717) is 17.1 Å². The van der Waals surface area contributed by atoms with Gasteiger partial charge in [0.25, 0.3) is 5.91 Å². The van der Waals surface area contributed by atoms with Gasteiger partial charge in [0.2, 0.25) is 5.91 Å². The van der Waals surface area contributed by atoms with Gasteiger partial charge < -0.3 is 15.1 Å². The van der Waals surface area contributed by atoms with Crippen molar-refractivity contribution in [2.45, 2.75) is 18.4 Å². The van der Waals surface area contributed by atoms with Crippen LogP contribution in [0.1, 0.15) is 28.8 Å². The second-order valence-corrected chi connectivity index (χ2v) is 7.46. The average Bonchev–Trinajstić information content (AvgIpc) is 3.14. The van der Waals surface area contributed by atoms with E-state index in [-0.39, 0.29) is 17.6 Å². The van der Waals surface area contributed by atoms with Crippen molar-refractivity contribution in [2.24, 2.45) is 0 Å². The molecule has 0 saturated heterocycles. The SMILES string of the molecule is CC(=O)Nc1ccc(NC(=O)c2ccc(CSCc3ccccc3Cl)o2)cc1. The normalized spacial score (nSPS) is 10.5. The van der Waals surface area contributed by atoms with Gasteiger partial charge in [0.05, 0.1) is 5.75 Å². The van der Waals surface area contributed by atoms with E-state index in [1.54, 1.807) is 48.2 Å². The first-order valence-corrected chi connectivity index (χ1v) is 10.1. The summed E-state index contributed by atoms with van der Waals surface area (Å²) in [6, 6.07) is 18.1. The van der Waals surface area contributed by atoms with E-state index in [4.69, 9.17) is 16.0 Å². The summed E-state index contributed by atoms with van der Waals surface area (Å²) in [5.74, 6) is 1.91. The number of nitrogens with one attached hydrogen (secondary N) is 2. The van der Waals surface area contributed by atoms with Crippen LogP contribution in [-0.2, 0) is 16.3 Å². The minimum absolute atomic E-state index is 0.146. The number of amides is 2. The fourth-order valence-electron chi connectivity index (χ4n) is 2.49. The number of hydrogen-bond acceptors (Lipinski definition) is 4. The van der Waals surface area contributed by atoms with Crippen LogP contribution in [0.5, 0.6) is 0 Å². The second-order valence-electron chi connectivity index (χ2n) is 6.06. The first-order chi connectivity index (χ1) is 13.5. The molecule has 3 rings (SSSR count). The fourth-order valence-corrected chi connectivity index (χ4v) is 3.70. The zero-order valence-electron chi connectivity index (χ0n) is 15.2. The van der Waals surface area contributed by atoms with Crippen LogP contribution >= 0.6 is 23.4 Å². The summed E-state index contributed by atoms with van der Waals surface area (Å²) in [5.41, 5.74) is 2.35. The summed E-state index contributed by atoms with van der Waals surface area (Å²) in [7, 11) is 0. The van der Waals surface area contributed by atoms with Gasteiger partial charge in [-0.25, -0.2) is 0 Å². The van der Waals surface area contributed by atoms with E-state index < -0.39 is 0 Å². The third-order valence-corrected chi connectivity index (χ3v) is 5.18. The Morgan fingerprint density at radius 3 is 2.29 bits per heavy atom. The van der Waals surface area contributed by atoms with Gasteiger partial charge in [0.15, 0.2) is 5.76 Å². The summed E-state index contributed by atoms with van der Waals surface area (Å²) in [4.78, 5) is 23.4. The molecule has 0 bridgehead atoms. The molecule has 0 aliphatic heterocycles. The van der Waals surface area contributed by atoms with E-state index in [1.165, 1.54) is 6.92 Å². The van der Waals surface area contributed by atoms with Gasteiger partial charge in [-0.2, -0.15) is 0 Å². The van der Waals surface area contributed by atoms with Crippen LogP contribution in [0, 0.1) is 0 Å². The molecule has 2 aromatic carbocycles. The highest BCUT2D eigenvalue weighted by atomic mass is 35.5. The van der Waals surface area contributed by atoms with Gasteiger partial charge in [0.1, 0.15) is 5.76 Å². The Balaban J connectivity index is 1.52. The van der Waals surface area contributed by atoms with E-state index in [9.17, 15) is 9.59 Å². The predicted molar refractivity (Wildman–Crippen MR) is 114 cm³/mol. The molecule has 28 heavy (non-hydrogen) atoms. The Labute approximate surface area is 172 Å². The third-order valence-electron chi connectivity index (χ3n) is 3.81. The van der Waals surface area contributed by atoms with Crippen LogP contribution in [0.15, 0.2) is 65.1 Å². The molecule has 3 aromatic rings. The molecule has 0 aliphatic carbocycles. The summed E-state index contributed by atoms with van der Waals surface area (Å²) < 4.78 is 5.64. The Morgan fingerprint density at radius 2 is 1.61 bits per heavy atom. The number of rotatable bonds is 7. The molecule has 0 radical (unpaired) electrons. The monoisotopic (exact) mass is 414 g/mol. The highest BCUT2D eigenvalue weighted by Gasteiger charge is 2.12. The van der Waals surface area contributed by atoms with Crippen LogP contribution in [0.4, 0.5) is 11.4 Å². The highest BCUT2D eigenvalue weighted by molar-refractivity contribution is 7.97. The van der Waals surface area contributed by atoms with Crippen LogP contribution in [0.25, 0.3) is 0 Å². The fraction of sp³-hybridized carbons (Fsp3) is 0.143. The van der Waals surface area contributed by atoms with Crippen molar-refractivity contribution in [1.29, 1.82) is 0 Å². The molecule has 2 amide bonds. The molecule has 7 heteroatoms. The maximum atomic E-state index is 12.3. The molecule has 0 fully saturated rings. The largest absolute Gasteiger partial charge is 0.455 e. The number of benzene rings is 2. The maximum absolute atomic E-state index is 12.3. The van der Waals surface area contributed by atoms with Crippen LogP contribution in [0.3, 0.4) is 0 Å².